The Bertz CT molecular complexity index is 728. The van der Waals surface area contributed by atoms with E-state index < -0.39 is 0 Å². The number of hydrogen-bond acceptors (Lipinski definition) is 4. The van der Waals surface area contributed by atoms with Gasteiger partial charge in [0.15, 0.2) is 11.5 Å². The summed E-state index contributed by atoms with van der Waals surface area (Å²) in [5.41, 5.74) is 0.842. The first kappa shape index (κ1) is 22.8. The van der Waals surface area contributed by atoms with Crippen LogP contribution in [0.25, 0.3) is 6.08 Å². The number of methoxy groups -OCH3 is 1. The van der Waals surface area contributed by atoms with E-state index in [-0.39, 0.29) is 11.8 Å². The van der Waals surface area contributed by atoms with Crippen molar-refractivity contribution < 1.29 is 19.1 Å². The summed E-state index contributed by atoms with van der Waals surface area (Å²) >= 11 is 5.65. The zero-order valence-electron chi connectivity index (χ0n) is 16.9. The summed E-state index contributed by atoms with van der Waals surface area (Å²) in [6.45, 7) is 6.25. The molecule has 1 heterocycles. The normalized spacial score (nSPS) is 14.1. The summed E-state index contributed by atoms with van der Waals surface area (Å²) in [6, 6.07) is 5.49. The fourth-order valence-corrected chi connectivity index (χ4v) is 3.22. The van der Waals surface area contributed by atoms with E-state index in [0.29, 0.717) is 56.6 Å². The predicted octanol–water partition coefficient (Wildman–Crippen LogP) is 3.35. The van der Waals surface area contributed by atoms with Gasteiger partial charge in [0, 0.05) is 44.6 Å². The summed E-state index contributed by atoms with van der Waals surface area (Å²) in [7, 11) is 1.57. The average Bonchev–Trinajstić information content (AvgIpc) is 2.76. The molecule has 1 aromatic carbocycles. The molecular weight excluding hydrogens is 392 g/mol. The molecule has 1 aromatic rings. The molecular formula is C22H29ClN2O4. The molecule has 0 N–H and O–H groups in total. The van der Waals surface area contributed by atoms with Gasteiger partial charge >= 0.3 is 0 Å². The van der Waals surface area contributed by atoms with Crippen LogP contribution in [-0.2, 0) is 9.59 Å². The number of alkyl halides is 1. The first-order valence-corrected chi connectivity index (χ1v) is 10.3. The Hall–Kier alpha value is -2.47. The zero-order chi connectivity index (χ0) is 21.1. The number of rotatable bonds is 10. The third kappa shape index (κ3) is 7.13. The molecule has 2 rings (SSSR count). The third-order valence-electron chi connectivity index (χ3n) is 4.68. The molecule has 2 amide bonds. The van der Waals surface area contributed by atoms with Gasteiger partial charge in [0.2, 0.25) is 11.8 Å². The minimum atomic E-state index is -0.0646. The standard InChI is InChI=1S/C22H29ClN2O4/c1-3-16-29-19-9-7-18(17-20(19)28-2)8-10-22(27)25-14-12-24(13-15-25)21(26)6-4-5-11-23/h3,7-10,17H,1,4-6,11-16H2,2H3/b10-8+. The number of ether oxygens (including phenoxy) is 2. The lowest BCUT2D eigenvalue weighted by molar-refractivity contribution is -0.137. The van der Waals surface area contributed by atoms with Gasteiger partial charge < -0.3 is 19.3 Å². The SMILES string of the molecule is C=CCOc1ccc(/C=C/C(=O)N2CCN(C(=O)CCCCCl)CC2)cc1OC. The van der Waals surface area contributed by atoms with Crippen LogP contribution < -0.4 is 9.47 Å². The Balaban J connectivity index is 1.86. The van der Waals surface area contributed by atoms with E-state index in [2.05, 4.69) is 6.58 Å². The van der Waals surface area contributed by atoms with Crippen molar-refractivity contribution in [2.45, 2.75) is 19.3 Å². The van der Waals surface area contributed by atoms with Crippen molar-refractivity contribution in [3.8, 4) is 11.5 Å². The first-order chi connectivity index (χ1) is 14.1. The Morgan fingerprint density at radius 2 is 1.86 bits per heavy atom. The molecule has 0 aromatic heterocycles. The fourth-order valence-electron chi connectivity index (χ4n) is 3.03. The number of piperazine rings is 1. The van der Waals surface area contributed by atoms with Gasteiger partial charge in [-0.1, -0.05) is 18.7 Å². The van der Waals surface area contributed by atoms with Crippen molar-refractivity contribution >= 4 is 29.5 Å². The molecule has 0 radical (unpaired) electrons. The molecule has 0 aliphatic carbocycles. The highest BCUT2D eigenvalue weighted by Crippen LogP contribution is 2.28. The molecule has 158 valence electrons. The molecule has 1 aliphatic rings. The lowest BCUT2D eigenvalue weighted by Gasteiger charge is -2.34. The number of nitrogens with zero attached hydrogens (tertiary/aromatic N) is 2. The number of halogens is 1. The second-order valence-corrected chi connectivity index (χ2v) is 7.07. The van der Waals surface area contributed by atoms with Gasteiger partial charge in [0.1, 0.15) is 6.61 Å². The Morgan fingerprint density at radius 3 is 2.52 bits per heavy atom. The van der Waals surface area contributed by atoms with Gasteiger partial charge in [-0.25, -0.2) is 0 Å². The molecule has 1 aliphatic heterocycles. The van der Waals surface area contributed by atoms with E-state index in [9.17, 15) is 9.59 Å². The van der Waals surface area contributed by atoms with Gasteiger partial charge in [-0.3, -0.25) is 9.59 Å². The summed E-state index contributed by atoms with van der Waals surface area (Å²) in [5, 5.41) is 0. The summed E-state index contributed by atoms with van der Waals surface area (Å²) < 4.78 is 10.9. The highest BCUT2D eigenvalue weighted by atomic mass is 35.5. The van der Waals surface area contributed by atoms with Gasteiger partial charge in [0.25, 0.3) is 0 Å². The second kappa shape index (κ2) is 12.2. The Kier molecular flexibility index (Phi) is 9.57. The van der Waals surface area contributed by atoms with Crippen molar-refractivity contribution in [3.05, 3.63) is 42.5 Å². The van der Waals surface area contributed by atoms with Crippen molar-refractivity contribution in [3.63, 3.8) is 0 Å². The highest BCUT2D eigenvalue weighted by Gasteiger charge is 2.22. The first-order valence-electron chi connectivity index (χ1n) is 9.81. The highest BCUT2D eigenvalue weighted by molar-refractivity contribution is 6.17. The van der Waals surface area contributed by atoms with E-state index in [1.54, 1.807) is 36.3 Å². The maximum atomic E-state index is 12.5. The molecule has 0 atom stereocenters. The maximum Gasteiger partial charge on any atom is 0.246 e. The van der Waals surface area contributed by atoms with Gasteiger partial charge in [-0.15, -0.1) is 11.6 Å². The Labute approximate surface area is 177 Å². The largest absolute Gasteiger partial charge is 0.493 e. The molecule has 1 saturated heterocycles. The van der Waals surface area contributed by atoms with Crippen molar-refractivity contribution in [2.24, 2.45) is 0 Å². The summed E-state index contributed by atoms with van der Waals surface area (Å²) in [5.74, 6) is 1.89. The van der Waals surface area contributed by atoms with Crippen LogP contribution in [0.2, 0.25) is 0 Å². The van der Waals surface area contributed by atoms with Crippen molar-refractivity contribution in [2.75, 3.05) is 45.8 Å². The van der Waals surface area contributed by atoms with Crippen LogP contribution in [-0.4, -0.2) is 67.4 Å². The minimum Gasteiger partial charge on any atom is -0.493 e. The predicted molar refractivity (Wildman–Crippen MR) is 115 cm³/mol. The topological polar surface area (TPSA) is 59.1 Å². The number of hydrogen-bond donors (Lipinski definition) is 0. The monoisotopic (exact) mass is 420 g/mol. The Morgan fingerprint density at radius 1 is 1.14 bits per heavy atom. The van der Waals surface area contributed by atoms with E-state index in [1.807, 2.05) is 17.0 Å². The number of unbranched alkanes of at least 4 members (excludes halogenated alkanes) is 1. The van der Waals surface area contributed by atoms with Crippen LogP contribution in [0.3, 0.4) is 0 Å². The second-order valence-electron chi connectivity index (χ2n) is 6.70. The van der Waals surface area contributed by atoms with Crippen LogP contribution in [0, 0.1) is 0 Å². The van der Waals surface area contributed by atoms with E-state index in [4.69, 9.17) is 21.1 Å². The number of amides is 2. The summed E-state index contributed by atoms with van der Waals surface area (Å²) in [4.78, 5) is 28.2. The fraction of sp³-hybridized carbons (Fsp3) is 0.455. The van der Waals surface area contributed by atoms with E-state index >= 15 is 0 Å². The summed E-state index contributed by atoms with van der Waals surface area (Å²) in [6.07, 6.45) is 7.16. The smallest absolute Gasteiger partial charge is 0.246 e. The molecule has 0 unspecified atom stereocenters. The number of carbonyl (C=O) groups excluding carboxylic acids is 2. The quantitative estimate of drug-likeness (QED) is 0.252. The van der Waals surface area contributed by atoms with Crippen LogP contribution >= 0.6 is 11.6 Å². The van der Waals surface area contributed by atoms with Crippen molar-refractivity contribution in [1.29, 1.82) is 0 Å². The molecule has 6 nitrogen and oxygen atoms in total. The molecule has 0 saturated carbocycles. The minimum absolute atomic E-state index is 0.0646. The van der Waals surface area contributed by atoms with Crippen LogP contribution in [0.4, 0.5) is 0 Å². The van der Waals surface area contributed by atoms with Gasteiger partial charge in [-0.2, -0.15) is 0 Å². The maximum absolute atomic E-state index is 12.5. The van der Waals surface area contributed by atoms with E-state index in [0.717, 1.165) is 18.4 Å². The third-order valence-corrected chi connectivity index (χ3v) is 4.95. The average molecular weight is 421 g/mol. The number of carbonyl (C=O) groups is 2. The molecule has 29 heavy (non-hydrogen) atoms. The van der Waals surface area contributed by atoms with E-state index in [1.165, 1.54) is 0 Å². The lowest BCUT2D eigenvalue weighted by Crippen LogP contribution is -2.50. The van der Waals surface area contributed by atoms with Crippen LogP contribution in [0.1, 0.15) is 24.8 Å². The molecule has 0 spiro atoms. The lowest BCUT2D eigenvalue weighted by atomic mass is 10.1. The van der Waals surface area contributed by atoms with Crippen LogP contribution in [0.15, 0.2) is 36.9 Å². The molecule has 0 bridgehead atoms. The van der Waals surface area contributed by atoms with Crippen molar-refractivity contribution in [1.82, 2.24) is 9.80 Å². The van der Waals surface area contributed by atoms with Gasteiger partial charge in [0.05, 0.1) is 7.11 Å². The number of benzene rings is 1. The molecule has 7 heteroatoms. The van der Waals surface area contributed by atoms with Gasteiger partial charge in [-0.05, 0) is 36.6 Å². The van der Waals surface area contributed by atoms with Crippen LogP contribution in [0.5, 0.6) is 11.5 Å². The molecule has 1 fully saturated rings. The zero-order valence-corrected chi connectivity index (χ0v) is 17.7.